The highest BCUT2D eigenvalue weighted by atomic mass is 16.2. The highest BCUT2D eigenvalue weighted by Crippen LogP contribution is 2.53. The van der Waals surface area contributed by atoms with Crippen LogP contribution in [-0.4, -0.2) is 41.7 Å². The fourth-order valence-electron chi connectivity index (χ4n) is 4.83. The second-order valence-electron chi connectivity index (χ2n) is 12.5. The van der Waals surface area contributed by atoms with Crippen LogP contribution in [0.15, 0.2) is 24.3 Å². The smallest absolute Gasteiger partial charge is 0.258 e. The van der Waals surface area contributed by atoms with Crippen LogP contribution in [0, 0.1) is 31.1 Å². The Hall–Kier alpha value is -2.47. The lowest BCUT2D eigenvalue weighted by molar-refractivity contribution is 0.102. The molecular formula is C34H58N4O2. The Labute approximate surface area is 245 Å². The molecule has 1 fully saturated rings. The monoisotopic (exact) mass is 554 g/mol. The van der Waals surface area contributed by atoms with Crippen LogP contribution in [0.2, 0.25) is 0 Å². The summed E-state index contributed by atoms with van der Waals surface area (Å²) in [5.41, 5.74) is 4.34. The Morgan fingerprint density at radius 1 is 1.00 bits per heavy atom. The molecule has 2 aromatic rings. The van der Waals surface area contributed by atoms with Gasteiger partial charge in [-0.3, -0.25) is 4.79 Å². The number of carbonyl (C=O) groups excluding carboxylic acids is 1. The Balaban J connectivity index is 0.00000122. The zero-order valence-electron chi connectivity index (χ0n) is 27.2. The minimum atomic E-state index is -0.117. The molecule has 0 saturated heterocycles. The van der Waals surface area contributed by atoms with Crippen molar-refractivity contribution in [2.24, 2.45) is 17.3 Å². The molecule has 6 nitrogen and oxygen atoms in total. The molecular weight excluding hydrogens is 496 g/mol. The van der Waals surface area contributed by atoms with Crippen LogP contribution in [-0.2, 0) is 6.42 Å². The SMILES string of the molecule is CC(C)C.CCc1ccc(C(=O)Nc2cc(C)nc(C)n2)c(N(C)CCC2(CCCCCC(C)C)CC2)c1.CO. The van der Waals surface area contributed by atoms with Crippen molar-refractivity contribution >= 4 is 17.4 Å². The molecule has 3 rings (SSSR count). The molecule has 1 heterocycles. The Morgan fingerprint density at radius 3 is 2.20 bits per heavy atom. The summed E-state index contributed by atoms with van der Waals surface area (Å²) in [7, 11) is 3.13. The van der Waals surface area contributed by atoms with Gasteiger partial charge in [0, 0.05) is 38.1 Å². The Bertz CT molecular complexity index is 992. The van der Waals surface area contributed by atoms with Crippen LogP contribution in [0.25, 0.3) is 0 Å². The first-order valence-electron chi connectivity index (χ1n) is 15.4. The number of benzene rings is 1. The third-order valence-corrected chi connectivity index (χ3v) is 7.26. The van der Waals surface area contributed by atoms with Gasteiger partial charge in [-0.2, -0.15) is 0 Å². The molecule has 6 heteroatoms. The van der Waals surface area contributed by atoms with Gasteiger partial charge in [-0.05, 0) is 80.9 Å². The summed E-state index contributed by atoms with van der Waals surface area (Å²) < 4.78 is 0. The first-order chi connectivity index (χ1) is 18.9. The van der Waals surface area contributed by atoms with E-state index in [0.29, 0.717) is 22.6 Å². The fraction of sp³-hybridized carbons (Fsp3) is 0.676. The molecule has 1 amide bonds. The molecule has 1 aromatic carbocycles. The predicted octanol–water partition coefficient (Wildman–Crippen LogP) is 8.39. The van der Waals surface area contributed by atoms with E-state index in [2.05, 4.69) is 80.9 Å². The fourth-order valence-corrected chi connectivity index (χ4v) is 4.83. The number of aliphatic hydroxyl groups excluding tert-OH is 1. The third-order valence-electron chi connectivity index (χ3n) is 7.26. The number of nitrogens with one attached hydrogen (secondary N) is 1. The molecule has 40 heavy (non-hydrogen) atoms. The van der Waals surface area contributed by atoms with E-state index in [1.807, 2.05) is 26.0 Å². The Morgan fingerprint density at radius 2 is 1.65 bits per heavy atom. The maximum absolute atomic E-state index is 13.2. The maximum atomic E-state index is 13.2. The van der Waals surface area contributed by atoms with E-state index in [1.165, 1.54) is 56.9 Å². The van der Waals surface area contributed by atoms with Gasteiger partial charge in [-0.25, -0.2) is 9.97 Å². The lowest BCUT2D eigenvalue weighted by Crippen LogP contribution is -2.25. The molecule has 226 valence electrons. The summed E-state index contributed by atoms with van der Waals surface area (Å²) in [4.78, 5) is 24.2. The summed E-state index contributed by atoms with van der Waals surface area (Å²) in [6.45, 7) is 18.0. The van der Waals surface area contributed by atoms with Crippen LogP contribution in [0.5, 0.6) is 0 Å². The van der Waals surface area contributed by atoms with E-state index < -0.39 is 0 Å². The van der Waals surface area contributed by atoms with Crippen molar-refractivity contribution in [2.45, 2.75) is 113 Å². The molecule has 1 aliphatic rings. The van der Waals surface area contributed by atoms with Crippen molar-refractivity contribution in [3.8, 4) is 0 Å². The van der Waals surface area contributed by atoms with Gasteiger partial charge in [0.1, 0.15) is 11.6 Å². The highest BCUT2D eigenvalue weighted by Gasteiger charge is 2.41. The number of amides is 1. The van der Waals surface area contributed by atoms with Crippen LogP contribution in [0.3, 0.4) is 0 Å². The second-order valence-corrected chi connectivity index (χ2v) is 12.5. The maximum Gasteiger partial charge on any atom is 0.258 e. The average molecular weight is 555 g/mol. The van der Waals surface area contributed by atoms with Crippen molar-refractivity contribution in [1.82, 2.24) is 9.97 Å². The highest BCUT2D eigenvalue weighted by molar-refractivity contribution is 6.07. The summed E-state index contributed by atoms with van der Waals surface area (Å²) in [5, 5.41) is 9.99. The van der Waals surface area contributed by atoms with Gasteiger partial charge in [-0.15, -0.1) is 0 Å². The number of aromatic nitrogens is 2. The van der Waals surface area contributed by atoms with Crippen LogP contribution < -0.4 is 10.2 Å². The average Bonchev–Trinajstić information content (AvgIpc) is 3.66. The lowest BCUT2D eigenvalue weighted by Gasteiger charge is -2.25. The van der Waals surface area contributed by atoms with E-state index in [9.17, 15) is 4.79 Å². The molecule has 0 atom stereocenters. The quantitative estimate of drug-likeness (QED) is 0.243. The summed E-state index contributed by atoms with van der Waals surface area (Å²) in [6.07, 6.45) is 11.7. The van der Waals surface area contributed by atoms with Gasteiger partial charge in [0.05, 0.1) is 5.56 Å². The van der Waals surface area contributed by atoms with Crippen molar-refractivity contribution in [3.63, 3.8) is 0 Å². The number of anilines is 2. The molecule has 0 unspecified atom stereocenters. The molecule has 2 N–H and O–H groups in total. The number of aliphatic hydroxyl groups is 1. The van der Waals surface area contributed by atoms with Gasteiger partial charge in [0.2, 0.25) is 0 Å². The minimum absolute atomic E-state index is 0.117. The number of carbonyl (C=O) groups is 1. The number of rotatable bonds is 13. The molecule has 0 bridgehead atoms. The standard InChI is InChI=1S/C29H44N4O.C4H10.CH4O/c1-7-24-12-13-25(28(34)32-27-19-22(4)30-23(5)31-27)26(20-24)33(6)18-17-29(15-16-29)14-10-8-9-11-21(2)3;1-4(2)3;1-2/h12-13,19-21H,7-11,14-18H2,1-6H3,(H,30,31,32,34);4H,1-3H3;2H,1H3. The third kappa shape index (κ3) is 13.3. The van der Waals surface area contributed by atoms with Gasteiger partial charge in [0.25, 0.3) is 5.91 Å². The largest absolute Gasteiger partial charge is 0.400 e. The zero-order chi connectivity index (χ0) is 30.3. The lowest BCUT2D eigenvalue weighted by atomic mass is 9.93. The van der Waals surface area contributed by atoms with E-state index in [4.69, 9.17) is 5.11 Å². The molecule has 1 aliphatic carbocycles. The Kier molecular flexibility index (Phi) is 16.1. The first kappa shape index (κ1) is 35.6. The summed E-state index contributed by atoms with van der Waals surface area (Å²) in [5.74, 6) is 2.75. The number of hydrogen-bond acceptors (Lipinski definition) is 5. The topological polar surface area (TPSA) is 78.4 Å². The van der Waals surface area contributed by atoms with Crippen molar-refractivity contribution in [1.29, 1.82) is 0 Å². The number of aryl methyl sites for hydroxylation is 3. The van der Waals surface area contributed by atoms with Crippen molar-refractivity contribution in [2.75, 3.05) is 30.9 Å². The zero-order valence-corrected chi connectivity index (χ0v) is 27.2. The van der Waals surface area contributed by atoms with E-state index in [0.717, 1.165) is 43.3 Å². The minimum Gasteiger partial charge on any atom is -0.400 e. The normalized spacial score (nSPS) is 13.2. The molecule has 1 saturated carbocycles. The van der Waals surface area contributed by atoms with E-state index in [-0.39, 0.29) is 5.91 Å². The van der Waals surface area contributed by atoms with Crippen LogP contribution in [0.1, 0.15) is 120 Å². The van der Waals surface area contributed by atoms with E-state index in [1.54, 1.807) is 0 Å². The molecule has 1 aromatic heterocycles. The van der Waals surface area contributed by atoms with Crippen LogP contribution in [0.4, 0.5) is 11.5 Å². The van der Waals surface area contributed by atoms with E-state index >= 15 is 0 Å². The predicted molar refractivity (Wildman–Crippen MR) is 171 cm³/mol. The summed E-state index contributed by atoms with van der Waals surface area (Å²) in [6, 6.07) is 8.01. The van der Waals surface area contributed by atoms with Gasteiger partial charge < -0.3 is 15.3 Å². The van der Waals surface area contributed by atoms with Gasteiger partial charge in [0.15, 0.2) is 0 Å². The molecule has 0 spiro atoms. The number of nitrogens with zero attached hydrogens (tertiary/aromatic N) is 3. The second kappa shape index (κ2) is 18.1. The number of hydrogen-bond donors (Lipinski definition) is 2. The number of unbranched alkanes of at least 4 members (excludes halogenated alkanes) is 2. The van der Waals surface area contributed by atoms with Gasteiger partial charge >= 0.3 is 0 Å². The summed E-state index contributed by atoms with van der Waals surface area (Å²) >= 11 is 0. The molecule has 0 radical (unpaired) electrons. The van der Waals surface area contributed by atoms with Crippen molar-refractivity contribution in [3.05, 3.63) is 46.9 Å². The molecule has 0 aliphatic heterocycles. The van der Waals surface area contributed by atoms with Gasteiger partial charge in [-0.1, -0.05) is 73.3 Å². The van der Waals surface area contributed by atoms with Crippen molar-refractivity contribution < 1.29 is 9.90 Å². The van der Waals surface area contributed by atoms with Crippen LogP contribution >= 0.6 is 0 Å². The first-order valence-corrected chi connectivity index (χ1v) is 15.4.